The SMILES string of the molecule is CN=C(NCC1(c2ccc3c(c2)OCO3)CC1)NC(C)COC. The maximum absolute atomic E-state index is 5.50. The summed E-state index contributed by atoms with van der Waals surface area (Å²) in [6.07, 6.45) is 2.34. The molecule has 6 nitrogen and oxygen atoms in total. The molecule has 126 valence electrons. The van der Waals surface area contributed by atoms with Crippen LogP contribution in [-0.4, -0.2) is 46.1 Å². The highest BCUT2D eigenvalue weighted by atomic mass is 16.7. The number of hydrogen-bond donors (Lipinski definition) is 2. The number of guanidine groups is 1. The second-order valence-corrected chi connectivity index (χ2v) is 6.27. The van der Waals surface area contributed by atoms with Gasteiger partial charge in [0.05, 0.1) is 6.61 Å². The van der Waals surface area contributed by atoms with Gasteiger partial charge in [-0.3, -0.25) is 4.99 Å². The van der Waals surface area contributed by atoms with Crippen molar-refractivity contribution in [3.63, 3.8) is 0 Å². The molecule has 1 fully saturated rings. The fraction of sp³-hybridized carbons (Fsp3) is 0.588. The number of ether oxygens (including phenoxy) is 3. The van der Waals surface area contributed by atoms with Gasteiger partial charge in [0, 0.05) is 32.2 Å². The van der Waals surface area contributed by atoms with Gasteiger partial charge in [-0.2, -0.15) is 0 Å². The standard InChI is InChI=1S/C17H25N3O3/c1-12(9-21-3)20-16(18-2)19-10-17(6-7-17)13-4-5-14-15(8-13)23-11-22-14/h4-5,8,12H,6-7,9-11H2,1-3H3,(H2,18,19,20). The Morgan fingerprint density at radius 2 is 2.13 bits per heavy atom. The molecule has 0 radical (unpaired) electrons. The lowest BCUT2D eigenvalue weighted by atomic mass is 9.95. The minimum absolute atomic E-state index is 0.170. The monoisotopic (exact) mass is 319 g/mol. The number of aliphatic imine (C=N–C) groups is 1. The predicted octanol–water partition coefficient (Wildman–Crippen LogP) is 1.65. The average molecular weight is 319 g/mol. The van der Waals surface area contributed by atoms with Crippen molar-refractivity contribution in [2.24, 2.45) is 4.99 Å². The predicted molar refractivity (Wildman–Crippen MR) is 89.3 cm³/mol. The second-order valence-electron chi connectivity index (χ2n) is 6.27. The quantitative estimate of drug-likeness (QED) is 0.616. The van der Waals surface area contributed by atoms with E-state index in [0.717, 1.165) is 24.0 Å². The molecule has 2 aliphatic rings. The number of hydrogen-bond acceptors (Lipinski definition) is 4. The van der Waals surface area contributed by atoms with Gasteiger partial charge in [0.25, 0.3) is 0 Å². The van der Waals surface area contributed by atoms with Crippen LogP contribution in [0.2, 0.25) is 0 Å². The zero-order chi connectivity index (χ0) is 16.3. The van der Waals surface area contributed by atoms with E-state index in [-0.39, 0.29) is 11.5 Å². The van der Waals surface area contributed by atoms with Crippen LogP contribution in [0.3, 0.4) is 0 Å². The van der Waals surface area contributed by atoms with Gasteiger partial charge in [0.1, 0.15) is 0 Å². The Balaban J connectivity index is 1.61. The summed E-state index contributed by atoms with van der Waals surface area (Å²) in [6.45, 7) is 3.89. The van der Waals surface area contributed by atoms with E-state index in [4.69, 9.17) is 14.2 Å². The summed E-state index contributed by atoms with van der Waals surface area (Å²) in [5.74, 6) is 2.50. The zero-order valence-electron chi connectivity index (χ0n) is 14.0. The lowest BCUT2D eigenvalue weighted by molar-refractivity contribution is 0.174. The van der Waals surface area contributed by atoms with Crippen molar-refractivity contribution in [3.05, 3.63) is 23.8 Å². The van der Waals surface area contributed by atoms with Crippen LogP contribution in [0.1, 0.15) is 25.3 Å². The van der Waals surface area contributed by atoms with Gasteiger partial charge < -0.3 is 24.8 Å². The lowest BCUT2D eigenvalue weighted by Crippen LogP contribution is -2.46. The van der Waals surface area contributed by atoms with E-state index in [1.165, 1.54) is 18.4 Å². The zero-order valence-corrected chi connectivity index (χ0v) is 14.0. The summed E-state index contributed by atoms with van der Waals surface area (Å²) in [7, 11) is 3.49. The highest BCUT2D eigenvalue weighted by Crippen LogP contribution is 2.49. The number of nitrogens with one attached hydrogen (secondary N) is 2. The van der Waals surface area contributed by atoms with Crippen molar-refractivity contribution in [2.75, 3.05) is 34.1 Å². The van der Waals surface area contributed by atoms with Gasteiger partial charge in [-0.15, -0.1) is 0 Å². The number of benzene rings is 1. The molecule has 1 heterocycles. The fourth-order valence-corrected chi connectivity index (χ4v) is 2.92. The van der Waals surface area contributed by atoms with Crippen LogP contribution in [0.25, 0.3) is 0 Å². The molecule has 1 aliphatic heterocycles. The molecule has 1 atom stereocenters. The molecule has 0 saturated heterocycles. The Labute approximate surface area is 137 Å². The second kappa shape index (κ2) is 6.66. The molecule has 1 aliphatic carbocycles. The van der Waals surface area contributed by atoms with Crippen molar-refractivity contribution >= 4 is 5.96 Å². The van der Waals surface area contributed by atoms with Gasteiger partial charge in [-0.1, -0.05) is 6.07 Å². The first-order chi connectivity index (χ1) is 11.2. The molecular formula is C17H25N3O3. The largest absolute Gasteiger partial charge is 0.454 e. The first kappa shape index (κ1) is 15.9. The van der Waals surface area contributed by atoms with E-state index in [1.54, 1.807) is 14.2 Å². The first-order valence-electron chi connectivity index (χ1n) is 8.03. The average Bonchev–Trinajstić information content (AvgIpc) is 3.20. The van der Waals surface area contributed by atoms with Gasteiger partial charge in [-0.25, -0.2) is 0 Å². The van der Waals surface area contributed by atoms with Gasteiger partial charge in [0.15, 0.2) is 17.5 Å². The van der Waals surface area contributed by atoms with Gasteiger partial charge in [0.2, 0.25) is 6.79 Å². The molecule has 1 aromatic carbocycles. The number of rotatable bonds is 6. The summed E-state index contributed by atoms with van der Waals surface area (Å²) >= 11 is 0. The Morgan fingerprint density at radius 3 is 2.83 bits per heavy atom. The van der Waals surface area contributed by atoms with E-state index in [2.05, 4.69) is 34.7 Å². The molecule has 23 heavy (non-hydrogen) atoms. The van der Waals surface area contributed by atoms with Gasteiger partial charge >= 0.3 is 0 Å². The Hall–Kier alpha value is -1.95. The Kier molecular flexibility index (Phi) is 4.61. The topological polar surface area (TPSA) is 64.1 Å². The summed E-state index contributed by atoms with van der Waals surface area (Å²) in [6, 6.07) is 6.48. The van der Waals surface area contributed by atoms with Crippen molar-refractivity contribution in [3.8, 4) is 11.5 Å². The third-order valence-corrected chi connectivity index (χ3v) is 4.46. The molecule has 0 amide bonds. The van der Waals surface area contributed by atoms with E-state index in [1.807, 2.05) is 6.07 Å². The van der Waals surface area contributed by atoms with E-state index < -0.39 is 0 Å². The van der Waals surface area contributed by atoms with Crippen molar-refractivity contribution in [1.29, 1.82) is 0 Å². The molecular weight excluding hydrogens is 294 g/mol. The summed E-state index contributed by atoms with van der Waals surface area (Å²) in [4.78, 5) is 4.29. The van der Waals surface area contributed by atoms with Crippen LogP contribution in [-0.2, 0) is 10.2 Å². The number of methoxy groups -OCH3 is 1. The summed E-state index contributed by atoms with van der Waals surface area (Å²) in [5, 5.41) is 6.77. The van der Waals surface area contributed by atoms with Crippen LogP contribution in [0.15, 0.2) is 23.2 Å². The van der Waals surface area contributed by atoms with Crippen LogP contribution in [0.5, 0.6) is 11.5 Å². The molecule has 3 rings (SSSR count). The molecule has 0 spiro atoms. The third-order valence-electron chi connectivity index (χ3n) is 4.46. The van der Waals surface area contributed by atoms with Crippen molar-refractivity contribution in [2.45, 2.75) is 31.2 Å². The molecule has 6 heteroatoms. The van der Waals surface area contributed by atoms with Gasteiger partial charge in [-0.05, 0) is 37.5 Å². The van der Waals surface area contributed by atoms with Crippen LogP contribution in [0, 0.1) is 0 Å². The minimum Gasteiger partial charge on any atom is -0.454 e. The Bertz CT molecular complexity index is 584. The van der Waals surface area contributed by atoms with Crippen LogP contribution < -0.4 is 20.1 Å². The Morgan fingerprint density at radius 1 is 1.35 bits per heavy atom. The van der Waals surface area contributed by atoms with Crippen LogP contribution in [0.4, 0.5) is 0 Å². The molecule has 0 aromatic heterocycles. The smallest absolute Gasteiger partial charge is 0.231 e. The number of fused-ring (bicyclic) bond motifs is 1. The molecule has 0 bridgehead atoms. The van der Waals surface area contributed by atoms with E-state index in [0.29, 0.717) is 13.4 Å². The summed E-state index contributed by atoms with van der Waals surface area (Å²) < 4.78 is 16.0. The molecule has 2 N–H and O–H groups in total. The van der Waals surface area contributed by atoms with Crippen molar-refractivity contribution in [1.82, 2.24) is 10.6 Å². The molecule has 1 aromatic rings. The maximum Gasteiger partial charge on any atom is 0.231 e. The molecule has 1 saturated carbocycles. The minimum atomic E-state index is 0.170. The maximum atomic E-state index is 5.50. The van der Waals surface area contributed by atoms with Crippen molar-refractivity contribution < 1.29 is 14.2 Å². The lowest BCUT2D eigenvalue weighted by Gasteiger charge is -2.21. The first-order valence-corrected chi connectivity index (χ1v) is 8.03. The van der Waals surface area contributed by atoms with Crippen LogP contribution >= 0.6 is 0 Å². The van der Waals surface area contributed by atoms with E-state index in [9.17, 15) is 0 Å². The molecule has 1 unspecified atom stereocenters. The highest BCUT2D eigenvalue weighted by molar-refractivity contribution is 5.80. The highest BCUT2D eigenvalue weighted by Gasteiger charge is 2.44. The number of nitrogens with zero attached hydrogens (tertiary/aromatic N) is 1. The summed E-state index contributed by atoms with van der Waals surface area (Å²) in [5.41, 5.74) is 1.47. The normalized spacial score (nSPS) is 19.3. The fourth-order valence-electron chi connectivity index (χ4n) is 2.92. The van der Waals surface area contributed by atoms with E-state index >= 15 is 0 Å². The third kappa shape index (κ3) is 3.52.